The molecule has 2 aliphatic heterocycles. The average Bonchev–Trinajstić information content (AvgIpc) is 2.98. The van der Waals surface area contributed by atoms with Crippen molar-refractivity contribution in [2.45, 2.75) is 36.0 Å². The number of likely N-dealkylation sites (tertiary alicyclic amines) is 1. The number of benzene rings is 1. The molecule has 0 unspecified atom stereocenters. The fraction of sp³-hybridized carbons (Fsp3) is 0.556. The molecule has 1 aromatic carbocycles. The van der Waals surface area contributed by atoms with Gasteiger partial charge in [0.2, 0.25) is 11.8 Å². The summed E-state index contributed by atoms with van der Waals surface area (Å²) < 4.78 is 51.1. The predicted octanol–water partition coefficient (Wildman–Crippen LogP) is -0.218. The zero-order valence-electron chi connectivity index (χ0n) is 16.1. The van der Waals surface area contributed by atoms with E-state index in [1.807, 2.05) is 4.90 Å². The third-order valence-corrected chi connectivity index (χ3v) is 9.71. The van der Waals surface area contributed by atoms with Crippen molar-refractivity contribution in [1.29, 1.82) is 0 Å². The molecule has 0 radical (unpaired) electrons. The van der Waals surface area contributed by atoms with E-state index >= 15 is 0 Å². The van der Waals surface area contributed by atoms with Crippen LogP contribution in [-0.4, -0.2) is 69.4 Å². The van der Waals surface area contributed by atoms with Crippen molar-refractivity contribution in [3.63, 3.8) is 0 Å². The Morgan fingerprint density at radius 2 is 1.69 bits per heavy atom. The van der Waals surface area contributed by atoms with Gasteiger partial charge >= 0.3 is 0 Å². The first-order valence-corrected chi connectivity index (χ1v) is 12.7. The Balaban J connectivity index is 1.84. The Bertz CT molecular complexity index is 997. The average molecular weight is 444 g/mol. The zero-order chi connectivity index (χ0) is 21.4. The van der Waals surface area contributed by atoms with E-state index in [4.69, 9.17) is 5.73 Å². The standard InChI is InChI=1S/C18H25N3O6S2/c1-12(22)20-14-2-4-15(5-3-14)29(26,27)17-11-28(24,25)10-16(17)21-8-6-13(7-9-21)18(19)23/h2-5,13,16-17H,6-11H2,1H3,(H2,19,23)(H,20,22)/t16-,17-/m1/s1. The lowest BCUT2D eigenvalue weighted by atomic mass is 9.95. The van der Waals surface area contributed by atoms with Crippen LogP contribution < -0.4 is 11.1 Å². The number of rotatable bonds is 5. The molecule has 1 aromatic rings. The SMILES string of the molecule is CC(=O)Nc1ccc(S(=O)(=O)[C@@H]2CS(=O)(=O)C[C@H]2N2CCC(C(N)=O)CC2)cc1. The van der Waals surface area contributed by atoms with Crippen molar-refractivity contribution in [2.24, 2.45) is 11.7 Å². The Labute approximate surface area is 170 Å². The minimum Gasteiger partial charge on any atom is -0.369 e. The van der Waals surface area contributed by atoms with Crippen LogP contribution in [0.3, 0.4) is 0 Å². The normalized spacial score (nSPS) is 25.6. The molecule has 2 fully saturated rings. The quantitative estimate of drug-likeness (QED) is 0.640. The Kier molecular flexibility index (Phi) is 6.02. The monoisotopic (exact) mass is 443 g/mol. The van der Waals surface area contributed by atoms with Gasteiger partial charge in [0, 0.05) is 24.6 Å². The topological polar surface area (TPSA) is 144 Å². The van der Waals surface area contributed by atoms with E-state index in [0.29, 0.717) is 31.6 Å². The van der Waals surface area contributed by atoms with E-state index < -0.39 is 36.7 Å². The van der Waals surface area contributed by atoms with Gasteiger partial charge in [-0.1, -0.05) is 0 Å². The highest BCUT2D eigenvalue weighted by Crippen LogP contribution is 2.32. The molecular weight excluding hydrogens is 418 g/mol. The fourth-order valence-corrected chi connectivity index (χ4v) is 8.89. The van der Waals surface area contributed by atoms with Crippen LogP contribution in [0.5, 0.6) is 0 Å². The van der Waals surface area contributed by atoms with Gasteiger partial charge in [-0.2, -0.15) is 0 Å². The van der Waals surface area contributed by atoms with Crippen LogP contribution in [0.1, 0.15) is 19.8 Å². The van der Waals surface area contributed by atoms with Gasteiger partial charge in [-0.05, 0) is 50.2 Å². The van der Waals surface area contributed by atoms with Crippen LogP contribution in [0.15, 0.2) is 29.2 Å². The van der Waals surface area contributed by atoms with Gasteiger partial charge in [-0.25, -0.2) is 16.8 Å². The van der Waals surface area contributed by atoms with Crippen LogP contribution >= 0.6 is 0 Å². The lowest BCUT2D eigenvalue weighted by Crippen LogP contribution is -2.50. The maximum absolute atomic E-state index is 13.2. The summed E-state index contributed by atoms with van der Waals surface area (Å²) in [5, 5.41) is 1.48. The number of sulfone groups is 2. The predicted molar refractivity (Wildman–Crippen MR) is 108 cm³/mol. The third-order valence-electron chi connectivity index (χ3n) is 5.57. The van der Waals surface area contributed by atoms with Crippen LogP contribution in [0.2, 0.25) is 0 Å². The molecule has 160 valence electrons. The second-order valence-corrected chi connectivity index (χ2v) is 12.0. The zero-order valence-corrected chi connectivity index (χ0v) is 17.7. The number of anilines is 1. The first kappa shape index (κ1) is 21.7. The number of piperidine rings is 1. The summed E-state index contributed by atoms with van der Waals surface area (Å²) in [5.74, 6) is -1.57. The number of nitrogens with one attached hydrogen (secondary N) is 1. The van der Waals surface area contributed by atoms with E-state index in [2.05, 4.69) is 5.32 Å². The molecule has 3 N–H and O–H groups in total. The number of hydrogen-bond acceptors (Lipinski definition) is 7. The Hall–Kier alpha value is -1.98. The summed E-state index contributed by atoms with van der Waals surface area (Å²) in [5.41, 5.74) is 5.81. The number of primary amides is 1. The maximum Gasteiger partial charge on any atom is 0.221 e. The molecule has 9 nitrogen and oxygen atoms in total. The second kappa shape index (κ2) is 8.04. The lowest BCUT2D eigenvalue weighted by Gasteiger charge is -2.36. The molecule has 0 spiro atoms. The van der Waals surface area contributed by atoms with Crippen molar-refractivity contribution >= 4 is 37.2 Å². The third kappa shape index (κ3) is 4.78. The second-order valence-electron chi connectivity index (χ2n) is 7.65. The van der Waals surface area contributed by atoms with Crippen molar-refractivity contribution in [3.8, 4) is 0 Å². The van der Waals surface area contributed by atoms with Gasteiger partial charge in [-0.3, -0.25) is 14.5 Å². The first-order chi connectivity index (χ1) is 13.5. The molecule has 2 atom stereocenters. The molecule has 2 heterocycles. The summed E-state index contributed by atoms with van der Waals surface area (Å²) in [6.07, 6.45) is 0.980. The molecule has 0 aromatic heterocycles. The van der Waals surface area contributed by atoms with Crippen molar-refractivity contribution in [2.75, 3.05) is 29.9 Å². The summed E-state index contributed by atoms with van der Waals surface area (Å²) in [6.45, 7) is 2.21. The van der Waals surface area contributed by atoms with Crippen LogP contribution in [0.25, 0.3) is 0 Å². The number of hydrogen-bond donors (Lipinski definition) is 2. The van der Waals surface area contributed by atoms with E-state index in [1.54, 1.807) is 0 Å². The smallest absolute Gasteiger partial charge is 0.221 e. The Morgan fingerprint density at radius 1 is 1.10 bits per heavy atom. The number of carbonyl (C=O) groups is 2. The molecular formula is C18H25N3O6S2. The molecule has 0 saturated carbocycles. The van der Waals surface area contributed by atoms with E-state index in [-0.39, 0.29) is 28.4 Å². The van der Waals surface area contributed by atoms with E-state index in [9.17, 15) is 26.4 Å². The summed E-state index contributed by atoms with van der Waals surface area (Å²) >= 11 is 0. The Morgan fingerprint density at radius 3 is 2.21 bits per heavy atom. The highest BCUT2D eigenvalue weighted by molar-refractivity contribution is 7.96. The van der Waals surface area contributed by atoms with Crippen LogP contribution in [-0.2, 0) is 29.3 Å². The first-order valence-electron chi connectivity index (χ1n) is 9.35. The minimum atomic E-state index is -3.91. The summed E-state index contributed by atoms with van der Waals surface area (Å²) in [7, 11) is -7.42. The molecule has 2 amide bonds. The van der Waals surface area contributed by atoms with Gasteiger partial charge < -0.3 is 11.1 Å². The number of nitrogens with two attached hydrogens (primary N) is 1. The van der Waals surface area contributed by atoms with Crippen molar-refractivity contribution < 1.29 is 26.4 Å². The number of carbonyl (C=O) groups excluding carboxylic acids is 2. The molecule has 2 aliphatic rings. The van der Waals surface area contributed by atoms with Crippen LogP contribution in [0.4, 0.5) is 5.69 Å². The summed E-state index contributed by atoms with van der Waals surface area (Å²) in [6, 6.07) is 5.05. The molecule has 0 aliphatic carbocycles. The number of nitrogens with zero attached hydrogens (tertiary/aromatic N) is 1. The summed E-state index contributed by atoms with van der Waals surface area (Å²) in [4.78, 5) is 24.4. The van der Waals surface area contributed by atoms with Crippen LogP contribution in [0, 0.1) is 5.92 Å². The van der Waals surface area contributed by atoms with E-state index in [1.165, 1.54) is 31.2 Å². The van der Waals surface area contributed by atoms with Crippen molar-refractivity contribution in [1.82, 2.24) is 4.90 Å². The highest BCUT2D eigenvalue weighted by Gasteiger charge is 2.48. The maximum atomic E-state index is 13.2. The molecule has 11 heteroatoms. The molecule has 2 saturated heterocycles. The highest BCUT2D eigenvalue weighted by atomic mass is 32.2. The van der Waals surface area contributed by atoms with Gasteiger partial charge in [0.05, 0.1) is 21.7 Å². The van der Waals surface area contributed by atoms with Gasteiger partial charge in [0.25, 0.3) is 0 Å². The molecule has 3 rings (SSSR count). The fourth-order valence-electron chi connectivity index (χ4n) is 4.06. The van der Waals surface area contributed by atoms with Crippen molar-refractivity contribution in [3.05, 3.63) is 24.3 Å². The molecule has 29 heavy (non-hydrogen) atoms. The minimum absolute atomic E-state index is 0.0192. The lowest BCUT2D eigenvalue weighted by molar-refractivity contribution is -0.123. The molecule has 0 bridgehead atoms. The largest absolute Gasteiger partial charge is 0.369 e. The van der Waals surface area contributed by atoms with Gasteiger partial charge in [0.1, 0.15) is 0 Å². The van der Waals surface area contributed by atoms with Gasteiger partial charge in [0.15, 0.2) is 19.7 Å². The number of amides is 2. The van der Waals surface area contributed by atoms with Gasteiger partial charge in [-0.15, -0.1) is 0 Å². The van der Waals surface area contributed by atoms with E-state index in [0.717, 1.165) is 0 Å².